The quantitative estimate of drug-likeness (QED) is 0.388. The molecular weight excluding hydrogens is 454 g/mol. The summed E-state index contributed by atoms with van der Waals surface area (Å²) in [5.41, 5.74) is 0.648. The van der Waals surface area contributed by atoms with E-state index in [2.05, 4.69) is 15.5 Å². The Morgan fingerprint density at radius 1 is 1.31 bits per heavy atom. The lowest BCUT2D eigenvalue weighted by atomic mass is 10.1. The van der Waals surface area contributed by atoms with Crippen LogP contribution in [0.2, 0.25) is 0 Å². The normalized spacial score (nSPS) is 10.8. The van der Waals surface area contributed by atoms with Crippen molar-refractivity contribution in [3.05, 3.63) is 34.4 Å². The lowest BCUT2D eigenvalue weighted by Gasteiger charge is -2.08. The third-order valence-corrected chi connectivity index (χ3v) is 6.66. The highest BCUT2D eigenvalue weighted by Crippen LogP contribution is 2.34. The Kier molecular flexibility index (Phi) is 7.36. The summed E-state index contributed by atoms with van der Waals surface area (Å²) >= 11 is 2.26. The van der Waals surface area contributed by atoms with Crippen LogP contribution in [0, 0.1) is 6.92 Å². The van der Waals surface area contributed by atoms with Crippen LogP contribution in [0.4, 0.5) is 5.00 Å². The van der Waals surface area contributed by atoms with Crippen LogP contribution < -0.4 is 5.32 Å². The zero-order valence-electron chi connectivity index (χ0n) is 18.3. The molecule has 0 spiro atoms. The van der Waals surface area contributed by atoms with E-state index in [1.54, 1.807) is 39.4 Å². The van der Waals surface area contributed by atoms with Gasteiger partial charge in [0.2, 0.25) is 5.91 Å². The Morgan fingerprint density at radius 3 is 2.66 bits per heavy atom. The Bertz CT molecular complexity index is 1130. The first kappa shape index (κ1) is 23.5. The number of carbonyl (C=O) groups is 3. The average Bonchev–Trinajstić information content (AvgIpc) is 3.49. The molecule has 10 nitrogen and oxygen atoms in total. The topological polar surface area (TPSA) is 120 Å². The van der Waals surface area contributed by atoms with Crippen LogP contribution in [-0.4, -0.2) is 64.4 Å². The molecule has 0 aromatic carbocycles. The molecule has 0 saturated carbocycles. The fourth-order valence-electron chi connectivity index (χ4n) is 2.92. The first-order chi connectivity index (χ1) is 15.3. The van der Waals surface area contributed by atoms with Gasteiger partial charge in [-0.05, 0) is 31.5 Å². The van der Waals surface area contributed by atoms with Crippen molar-refractivity contribution in [1.82, 2.24) is 19.7 Å². The fraction of sp³-hybridized carbons (Fsp3) is 0.350. The largest absolute Gasteiger partial charge is 0.465 e. The van der Waals surface area contributed by atoms with E-state index in [4.69, 9.17) is 9.15 Å². The van der Waals surface area contributed by atoms with Gasteiger partial charge >= 0.3 is 5.97 Å². The predicted molar refractivity (Wildman–Crippen MR) is 121 cm³/mol. The molecule has 3 rings (SSSR count). The predicted octanol–water partition coefficient (Wildman–Crippen LogP) is 3.15. The summed E-state index contributed by atoms with van der Waals surface area (Å²) in [5.74, 6) is -0.0254. The number of amides is 2. The van der Waals surface area contributed by atoms with E-state index in [-0.39, 0.29) is 28.1 Å². The van der Waals surface area contributed by atoms with Crippen molar-refractivity contribution in [2.45, 2.75) is 25.5 Å². The van der Waals surface area contributed by atoms with E-state index in [9.17, 15) is 14.4 Å². The Labute approximate surface area is 192 Å². The SMILES string of the molecule is CCn1c(SCC(=O)Nc2sc(C(=O)N(C)C)c(C)c2C(=O)OC)nnc1-c1ccco1. The molecule has 0 aliphatic heterocycles. The van der Waals surface area contributed by atoms with Gasteiger partial charge in [0.1, 0.15) is 5.00 Å². The van der Waals surface area contributed by atoms with Crippen molar-refractivity contribution in [2.75, 3.05) is 32.3 Å². The van der Waals surface area contributed by atoms with Gasteiger partial charge in [-0.2, -0.15) is 0 Å². The molecule has 0 aliphatic rings. The number of nitrogens with zero attached hydrogens (tertiary/aromatic N) is 4. The maximum atomic E-state index is 12.7. The number of thiophene rings is 1. The van der Waals surface area contributed by atoms with E-state index < -0.39 is 5.97 Å². The van der Waals surface area contributed by atoms with Gasteiger partial charge in [0.25, 0.3) is 5.91 Å². The van der Waals surface area contributed by atoms with Crippen molar-refractivity contribution >= 4 is 45.9 Å². The van der Waals surface area contributed by atoms with Gasteiger partial charge in [-0.25, -0.2) is 4.79 Å². The molecule has 0 unspecified atom stereocenters. The third-order valence-electron chi connectivity index (χ3n) is 4.50. The number of rotatable bonds is 8. The minimum absolute atomic E-state index is 0.0325. The molecule has 0 bridgehead atoms. The molecule has 12 heteroatoms. The smallest absolute Gasteiger partial charge is 0.341 e. The lowest BCUT2D eigenvalue weighted by Crippen LogP contribution is -2.21. The number of aromatic nitrogens is 3. The van der Waals surface area contributed by atoms with Gasteiger partial charge < -0.3 is 19.4 Å². The minimum atomic E-state index is -0.617. The number of furan rings is 1. The number of thioether (sulfide) groups is 1. The molecule has 0 fully saturated rings. The van der Waals surface area contributed by atoms with Gasteiger partial charge in [0.05, 0.1) is 29.6 Å². The number of carbonyl (C=O) groups excluding carboxylic acids is 3. The molecular formula is C20H23N5O5S2. The highest BCUT2D eigenvalue weighted by Gasteiger charge is 2.27. The first-order valence-corrected chi connectivity index (χ1v) is 11.4. The Hall–Kier alpha value is -3.12. The second-order valence-corrected chi connectivity index (χ2v) is 8.78. The van der Waals surface area contributed by atoms with E-state index in [0.717, 1.165) is 11.3 Å². The molecule has 0 saturated heterocycles. The van der Waals surface area contributed by atoms with Gasteiger partial charge in [-0.15, -0.1) is 21.5 Å². The van der Waals surface area contributed by atoms with Gasteiger partial charge in [-0.3, -0.25) is 14.2 Å². The number of anilines is 1. The van der Waals surface area contributed by atoms with E-state index in [0.29, 0.717) is 33.7 Å². The van der Waals surface area contributed by atoms with E-state index in [1.165, 1.54) is 23.8 Å². The second kappa shape index (κ2) is 10.0. The second-order valence-electron chi connectivity index (χ2n) is 6.82. The van der Waals surface area contributed by atoms with Crippen molar-refractivity contribution in [3.63, 3.8) is 0 Å². The zero-order chi connectivity index (χ0) is 23.4. The van der Waals surface area contributed by atoms with E-state index in [1.807, 2.05) is 11.5 Å². The number of methoxy groups -OCH3 is 1. The van der Waals surface area contributed by atoms with Crippen LogP contribution in [0.3, 0.4) is 0 Å². The van der Waals surface area contributed by atoms with Crippen molar-refractivity contribution in [1.29, 1.82) is 0 Å². The molecule has 2 amide bonds. The summed E-state index contributed by atoms with van der Waals surface area (Å²) in [6.07, 6.45) is 1.56. The highest BCUT2D eigenvalue weighted by molar-refractivity contribution is 7.99. The molecule has 0 aliphatic carbocycles. The first-order valence-electron chi connectivity index (χ1n) is 9.61. The molecule has 3 aromatic heterocycles. The number of ether oxygens (including phenoxy) is 1. The van der Waals surface area contributed by atoms with Gasteiger partial charge in [-0.1, -0.05) is 11.8 Å². The third kappa shape index (κ3) is 4.70. The van der Waals surface area contributed by atoms with Gasteiger partial charge in [0.15, 0.2) is 16.7 Å². The summed E-state index contributed by atoms with van der Waals surface area (Å²) in [6, 6.07) is 3.55. The molecule has 32 heavy (non-hydrogen) atoms. The van der Waals surface area contributed by atoms with Crippen molar-refractivity contribution in [3.8, 4) is 11.6 Å². The molecule has 0 radical (unpaired) electrons. The molecule has 3 heterocycles. The summed E-state index contributed by atoms with van der Waals surface area (Å²) < 4.78 is 12.1. The summed E-state index contributed by atoms with van der Waals surface area (Å²) in [5, 5.41) is 11.9. The number of esters is 1. The van der Waals surface area contributed by atoms with Crippen LogP contribution in [0.15, 0.2) is 28.0 Å². The van der Waals surface area contributed by atoms with Crippen LogP contribution in [0.5, 0.6) is 0 Å². The molecule has 1 N–H and O–H groups in total. The van der Waals surface area contributed by atoms with Crippen LogP contribution in [0.25, 0.3) is 11.6 Å². The van der Waals surface area contributed by atoms with Gasteiger partial charge in [0, 0.05) is 20.6 Å². The molecule has 3 aromatic rings. The minimum Gasteiger partial charge on any atom is -0.465 e. The van der Waals surface area contributed by atoms with Crippen LogP contribution in [-0.2, 0) is 16.1 Å². The summed E-state index contributed by atoms with van der Waals surface area (Å²) in [6.45, 7) is 4.20. The monoisotopic (exact) mass is 477 g/mol. The van der Waals surface area contributed by atoms with Crippen LogP contribution in [0.1, 0.15) is 32.5 Å². The number of hydrogen-bond donors (Lipinski definition) is 1. The summed E-state index contributed by atoms with van der Waals surface area (Å²) in [7, 11) is 4.49. The Balaban J connectivity index is 1.77. The standard InChI is InChI=1S/C20H23N5O5S2/c1-6-25-16(12-8-7-9-30-12)22-23-20(25)31-10-13(26)21-17-14(19(28)29-5)11(2)15(32-17)18(27)24(3)4/h7-9H,6,10H2,1-5H3,(H,21,26). The molecule has 170 valence electrons. The fourth-order valence-corrected chi connectivity index (χ4v) is 4.95. The Morgan fingerprint density at radius 2 is 2.06 bits per heavy atom. The maximum absolute atomic E-state index is 12.7. The van der Waals surface area contributed by atoms with Crippen molar-refractivity contribution in [2.24, 2.45) is 0 Å². The zero-order valence-corrected chi connectivity index (χ0v) is 19.9. The average molecular weight is 478 g/mol. The highest BCUT2D eigenvalue weighted by atomic mass is 32.2. The summed E-state index contributed by atoms with van der Waals surface area (Å²) in [4.78, 5) is 39.2. The van der Waals surface area contributed by atoms with Crippen molar-refractivity contribution < 1.29 is 23.5 Å². The number of nitrogens with one attached hydrogen (secondary N) is 1. The lowest BCUT2D eigenvalue weighted by molar-refractivity contribution is -0.113. The maximum Gasteiger partial charge on any atom is 0.341 e. The van der Waals surface area contributed by atoms with Crippen LogP contribution >= 0.6 is 23.1 Å². The number of hydrogen-bond acceptors (Lipinski definition) is 9. The molecule has 0 atom stereocenters. The van der Waals surface area contributed by atoms with E-state index >= 15 is 0 Å².